The summed E-state index contributed by atoms with van der Waals surface area (Å²) in [5.41, 5.74) is 9.60. The van der Waals surface area contributed by atoms with Gasteiger partial charge in [0, 0.05) is 67.7 Å². The Balaban J connectivity index is 1.56. The van der Waals surface area contributed by atoms with Gasteiger partial charge in [-0.15, -0.1) is 0 Å². The lowest BCUT2D eigenvalue weighted by atomic mass is 9.95. The molecule has 2 fully saturated rings. The fraction of sp³-hybridized carbons (Fsp3) is 0.296. The van der Waals surface area contributed by atoms with E-state index in [1.807, 2.05) is 18.2 Å². The lowest BCUT2D eigenvalue weighted by Gasteiger charge is -2.43. The van der Waals surface area contributed by atoms with Gasteiger partial charge in [-0.3, -0.25) is 14.5 Å². The zero-order valence-electron chi connectivity index (χ0n) is 20.2. The van der Waals surface area contributed by atoms with Crippen molar-refractivity contribution in [1.29, 1.82) is 0 Å². The highest BCUT2D eigenvalue weighted by atomic mass is 19.1. The largest absolute Gasteiger partial charge is 0.373 e. The fourth-order valence-corrected chi connectivity index (χ4v) is 5.45. The molecule has 0 radical (unpaired) electrons. The number of halogens is 2. The molecule has 4 heterocycles. The molecule has 2 aromatic carbocycles. The number of piperidine rings is 1. The first-order valence-electron chi connectivity index (χ1n) is 12.2. The van der Waals surface area contributed by atoms with Gasteiger partial charge in [-0.25, -0.2) is 8.78 Å². The minimum Gasteiger partial charge on any atom is -0.373 e. The zero-order valence-corrected chi connectivity index (χ0v) is 20.2. The van der Waals surface area contributed by atoms with Crippen LogP contribution >= 0.6 is 0 Å². The van der Waals surface area contributed by atoms with Crippen molar-refractivity contribution >= 4 is 22.5 Å². The van der Waals surface area contributed by atoms with E-state index in [0.717, 1.165) is 36.7 Å². The van der Waals surface area contributed by atoms with Crippen LogP contribution in [0.3, 0.4) is 0 Å². The Bertz CT molecular complexity index is 1500. The van der Waals surface area contributed by atoms with E-state index in [4.69, 9.17) is 10.5 Å². The molecule has 3 N–H and O–H groups in total. The van der Waals surface area contributed by atoms with Crippen molar-refractivity contribution in [1.82, 2.24) is 20.1 Å². The second-order valence-corrected chi connectivity index (χ2v) is 9.54. The smallest absolute Gasteiger partial charge is 0.252 e. The van der Waals surface area contributed by atoms with Crippen LogP contribution in [0.5, 0.6) is 0 Å². The summed E-state index contributed by atoms with van der Waals surface area (Å²) >= 11 is 0. The molecule has 0 bridgehead atoms. The van der Waals surface area contributed by atoms with Gasteiger partial charge in [0.1, 0.15) is 17.3 Å². The number of amides is 1. The quantitative estimate of drug-likeness (QED) is 0.443. The molecule has 2 saturated heterocycles. The number of rotatable bonds is 4. The molecular formula is C27H26F2N6O2. The Hall–Kier alpha value is -3.89. The first-order chi connectivity index (χ1) is 17.9. The van der Waals surface area contributed by atoms with E-state index in [1.165, 1.54) is 12.1 Å². The number of carbonyl (C=O) groups is 1. The highest BCUT2D eigenvalue weighted by molar-refractivity contribution is 6.04. The summed E-state index contributed by atoms with van der Waals surface area (Å²) in [5.74, 6) is -1.89. The van der Waals surface area contributed by atoms with Gasteiger partial charge in [0.25, 0.3) is 5.91 Å². The number of aromatic nitrogens is 3. The second kappa shape index (κ2) is 9.20. The van der Waals surface area contributed by atoms with Crippen molar-refractivity contribution in [3.63, 3.8) is 0 Å². The van der Waals surface area contributed by atoms with Gasteiger partial charge in [-0.1, -0.05) is 6.07 Å². The van der Waals surface area contributed by atoms with Crippen molar-refractivity contribution in [2.45, 2.75) is 18.6 Å². The molecule has 2 atom stereocenters. The number of nitrogens with zero attached hydrogens (tertiary/aromatic N) is 4. The minimum atomic E-state index is -0.659. The Morgan fingerprint density at radius 2 is 1.97 bits per heavy atom. The summed E-state index contributed by atoms with van der Waals surface area (Å²) in [6.07, 6.45) is 4.10. The number of nitrogens with one attached hydrogen (secondary N) is 1. The molecule has 0 saturated carbocycles. The molecular weight excluding hydrogens is 478 g/mol. The number of ether oxygens (including phenoxy) is 1. The van der Waals surface area contributed by atoms with E-state index < -0.39 is 17.5 Å². The van der Waals surface area contributed by atoms with Gasteiger partial charge in [-0.05, 0) is 36.2 Å². The van der Waals surface area contributed by atoms with Gasteiger partial charge < -0.3 is 20.7 Å². The normalized spacial score (nSPS) is 19.7. The highest BCUT2D eigenvalue weighted by Crippen LogP contribution is 2.40. The third-order valence-corrected chi connectivity index (χ3v) is 7.10. The number of carbonyl (C=O) groups excluding carboxylic acids is 1. The van der Waals surface area contributed by atoms with Crippen LogP contribution in [-0.2, 0) is 11.8 Å². The van der Waals surface area contributed by atoms with Crippen LogP contribution in [0, 0.1) is 11.6 Å². The zero-order chi connectivity index (χ0) is 25.7. The molecule has 1 unspecified atom stereocenters. The molecule has 0 spiro atoms. The molecule has 10 heteroatoms. The summed E-state index contributed by atoms with van der Waals surface area (Å²) in [7, 11) is 1.73. The molecule has 8 nitrogen and oxygen atoms in total. The molecule has 2 aliphatic heterocycles. The van der Waals surface area contributed by atoms with Crippen LogP contribution in [0.2, 0.25) is 0 Å². The van der Waals surface area contributed by atoms with E-state index in [9.17, 15) is 13.6 Å². The standard InChI is InChI=1S/C27H26F2N6O2/c1-34-13-21(27(30)36)25(33-34)15-2-3-22-19(10-15)26(35-6-4-23-24(14-35)37-7-5-31-23)20(12-32-22)16-8-17(28)11-18(29)9-16/h2-3,8-13,23-24,31H,4-7,14H2,1H3,(H2,30,36)/t23?,24-/m1/s1. The Morgan fingerprint density at radius 1 is 1.16 bits per heavy atom. The Labute approximate surface area is 212 Å². The average molecular weight is 505 g/mol. The van der Waals surface area contributed by atoms with E-state index in [2.05, 4.69) is 20.3 Å². The number of hydrogen-bond donors (Lipinski definition) is 2. The highest BCUT2D eigenvalue weighted by Gasteiger charge is 2.33. The first-order valence-corrected chi connectivity index (χ1v) is 12.2. The van der Waals surface area contributed by atoms with Gasteiger partial charge >= 0.3 is 0 Å². The topological polar surface area (TPSA) is 98.3 Å². The second-order valence-electron chi connectivity index (χ2n) is 9.54. The minimum absolute atomic E-state index is 0.0109. The number of hydrogen-bond acceptors (Lipinski definition) is 6. The molecule has 6 rings (SSSR count). The Morgan fingerprint density at radius 3 is 2.76 bits per heavy atom. The van der Waals surface area contributed by atoms with Crippen molar-refractivity contribution < 1.29 is 18.3 Å². The summed E-state index contributed by atoms with van der Waals surface area (Å²) < 4.78 is 36.2. The number of primary amides is 1. The predicted octanol–water partition coefficient (Wildman–Crippen LogP) is 3.25. The van der Waals surface area contributed by atoms with Crippen LogP contribution in [0.1, 0.15) is 16.8 Å². The molecule has 0 aliphatic carbocycles. The lowest BCUT2D eigenvalue weighted by molar-refractivity contribution is -0.00896. The number of morpholine rings is 1. The molecule has 2 aliphatic rings. The molecule has 37 heavy (non-hydrogen) atoms. The van der Waals surface area contributed by atoms with Crippen molar-refractivity contribution in [3.8, 4) is 22.4 Å². The van der Waals surface area contributed by atoms with Crippen LogP contribution in [-0.4, -0.2) is 59.1 Å². The van der Waals surface area contributed by atoms with Crippen molar-refractivity contribution in [2.75, 3.05) is 31.1 Å². The fourth-order valence-electron chi connectivity index (χ4n) is 5.45. The molecule has 190 valence electrons. The number of nitrogens with two attached hydrogens (primary N) is 1. The first kappa shape index (κ1) is 23.5. The third-order valence-electron chi connectivity index (χ3n) is 7.10. The number of benzene rings is 2. The molecule has 4 aromatic rings. The molecule has 2 aromatic heterocycles. The third kappa shape index (κ3) is 4.32. The summed E-state index contributed by atoms with van der Waals surface area (Å²) in [6, 6.07) is 9.36. The maximum atomic E-state index is 14.3. The number of anilines is 1. The monoisotopic (exact) mass is 504 g/mol. The lowest BCUT2D eigenvalue weighted by Crippen LogP contribution is -2.57. The number of aryl methyl sites for hydroxylation is 1. The van der Waals surface area contributed by atoms with Crippen molar-refractivity contribution in [3.05, 3.63) is 66.0 Å². The van der Waals surface area contributed by atoms with Crippen LogP contribution in [0.15, 0.2) is 48.8 Å². The Kier molecular flexibility index (Phi) is 5.85. The van der Waals surface area contributed by atoms with Gasteiger partial charge in [-0.2, -0.15) is 5.10 Å². The average Bonchev–Trinajstić information content (AvgIpc) is 3.29. The van der Waals surface area contributed by atoms with Crippen LogP contribution < -0.4 is 16.0 Å². The number of pyridine rings is 1. The summed E-state index contributed by atoms with van der Waals surface area (Å²) in [5, 5.41) is 8.77. The molecule has 1 amide bonds. The maximum Gasteiger partial charge on any atom is 0.252 e. The van der Waals surface area contributed by atoms with Crippen LogP contribution in [0.25, 0.3) is 33.3 Å². The van der Waals surface area contributed by atoms with E-state index >= 15 is 0 Å². The summed E-state index contributed by atoms with van der Waals surface area (Å²) in [6.45, 7) is 2.79. The van der Waals surface area contributed by atoms with E-state index in [-0.39, 0.29) is 12.1 Å². The van der Waals surface area contributed by atoms with Crippen LogP contribution in [0.4, 0.5) is 14.5 Å². The van der Waals surface area contributed by atoms with Gasteiger partial charge in [0.05, 0.1) is 29.5 Å². The van der Waals surface area contributed by atoms with E-state index in [1.54, 1.807) is 24.1 Å². The predicted molar refractivity (Wildman–Crippen MR) is 136 cm³/mol. The van der Waals surface area contributed by atoms with E-state index in [0.29, 0.717) is 46.6 Å². The SMILES string of the molecule is Cn1cc(C(N)=O)c(-c2ccc3ncc(-c4cc(F)cc(F)c4)c(N4CCC5NCCO[C@@H]5C4)c3c2)n1. The van der Waals surface area contributed by atoms with Gasteiger partial charge in [0.2, 0.25) is 0 Å². The van der Waals surface area contributed by atoms with Crippen molar-refractivity contribution in [2.24, 2.45) is 12.8 Å². The van der Waals surface area contributed by atoms with Gasteiger partial charge in [0.15, 0.2) is 0 Å². The number of fused-ring (bicyclic) bond motifs is 2. The summed E-state index contributed by atoms with van der Waals surface area (Å²) in [4.78, 5) is 18.9. The maximum absolute atomic E-state index is 14.3.